The average molecular weight is 287 g/mol. The van der Waals surface area contributed by atoms with Gasteiger partial charge in [-0.3, -0.25) is 0 Å². The second-order valence-electron chi connectivity index (χ2n) is 3.89. The maximum Gasteiger partial charge on any atom is 0.224 e. The van der Waals surface area contributed by atoms with Crippen molar-refractivity contribution in [1.29, 1.82) is 0 Å². The van der Waals surface area contributed by atoms with Crippen LogP contribution in [0.25, 0.3) is 0 Å². The van der Waals surface area contributed by atoms with Crippen LogP contribution in [0.5, 0.6) is 0 Å². The van der Waals surface area contributed by atoms with Crippen molar-refractivity contribution in [3.8, 4) is 0 Å². The molecule has 0 amide bonds. The van der Waals surface area contributed by atoms with Crippen LogP contribution in [-0.2, 0) is 0 Å². The lowest BCUT2D eigenvalue weighted by atomic mass is 10.2. The Labute approximate surface area is 103 Å². The molecule has 1 saturated carbocycles. The van der Waals surface area contributed by atoms with E-state index in [0.717, 1.165) is 29.6 Å². The number of hydrogen-bond acceptors (Lipinski definition) is 5. The lowest BCUT2D eigenvalue weighted by Crippen LogP contribution is -2.28. The molecule has 1 aliphatic rings. The first kappa shape index (κ1) is 11.6. The molecule has 0 aliphatic heterocycles. The molecule has 1 aliphatic carbocycles. The molecular weight excluding hydrogens is 272 g/mol. The number of aliphatic hydroxyl groups excluding tert-OH is 1. The highest BCUT2D eigenvalue weighted by Gasteiger charge is 2.25. The van der Waals surface area contributed by atoms with E-state index in [4.69, 9.17) is 0 Å². The molecule has 5 nitrogen and oxygen atoms in total. The van der Waals surface area contributed by atoms with Crippen molar-refractivity contribution >= 4 is 27.7 Å². The van der Waals surface area contributed by atoms with Crippen LogP contribution >= 0.6 is 15.9 Å². The summed E-state index contributed by atoms with van der Waals surface area (Å²) in [5, 5.41) is 15.8. The van der Waals surface area contributed by atoms with Crippen LogP contribution in [0.3, 0.4) is 0 Å². The van der Waals surface area contributed by atoms with E-state index in [-0.39, 0.29) is 12.1 Å². The molecule has 2 atom stereocenters. The molecule has 3 N–H and O–H groups in total. The number of rotatable bonds is 3. The fourth-order valence-electron chi connectivity index (χ4n) is 1.89. The largest absolute Gasteiger partial charge is 0.391 e. The Hall–Kier alpha value is -0.880. The fourth-order valence-corrected chi connectivity index (χ4v) is 2.28. The fraction of sp³-hybridized carbons (Fsp3) is 0.600. The van der Waals surface area contributed by atoms with Gasteiger partial charge in [0.2, 0.25) is 5.95 Å². The Balaban J connectivity index is 2.09. The van der Waals surface area contributed by atoms with Crippen LogP contribution < -0.4 is 10.6 Å². The van der Waals surface area contributed by atoms with Gasteiger partial charge in [-0.05, 0) is 35.2 Å². The predicted octanol–water partition coefficient (Wildman–Crippen LogP) is 1.61. The minimum Gasteiger partial charge on any atom is -0.391 e. The summed E-state index contributed by atoms with van der Waals surface area (Å²) in [6.45, 7) is 0. The SMILES string of the molecule is CNc1nc(N[C@H]2CCC[C@H]2O)ncc1Br. The average Bonchev–Trinajstić information content (AvgIpc) is 2.67. The van der Waals surface area contributed by atoms with Gasteiger partial charge in [-0.2, -0.15) is 4.98 Å². The molecule has 1 heterocycles. The van der Waals surface area contributed by atoms with Gasteiger partial charge in [0.15, 0.2) is 0 Å². The van der Waals surface area contributed by atoms with Crippen LogP contribution in [-0.4, -0.2) is 34.3 Å². The first-order valence-electron chi connectivity index (χ1n) is 5.35. The third-order valence-electron chi connectivity index (χ3n) is 2.77. The molecule has 0 radical (unpaired) electrons. The van der Waals surface area contributed by atoms with Gasteiger partial charge in [0.25, 0.3) is 0 Å². The van der Waals surface area contributed by atoms with Crippen LogP contribution in [0.4, 0.5) is 11.8 Å². The lowest BCUT2D eigenvalue weighted by molar-refractivity contribution is 0.171. The Morgan fingerprint density at radius 3 is 2.94 bits per heavy atom. The summed E-state index contributed by atoms with van der Waals surface area (Å²) in [7, 11) is 1.81. The monoisotopic (exact) mass is 286 g/mol. The van der Waals surface area contributed by atoms with E-state index in [9.17, 15) is 5.11 Å². The van der Waals surface area contributed by atoms with Crippen molar-refractivity contribution in [2.24, 2.45) is 0 Å². The molecule has 0 bridgehead atoms. The molecule has 1 aromatic heterocycles. The van der Waals surface area contributed by atoms with Gasteiger partial charge < -0.3 is 15.7 Å². The maximum absolute atomic E-state index is 9.69. The number of anilines is 2. The van der Waals surface area contributed by atoms with Crippen molar-refractivity contribution in [1.82, 2.24) is 9.97 Å². The van der Waals surface area contributed by atoms with Crippen molar-refractivity contribution in [2.45, 2.75) is 31.4 Å². The van der Waals surface area contributed by atoms with Gasteiger partial charge in [0.05, 0.1) is 16.6 Å². The number of nitrogens with one attached hydrogen (secondary N) is 2. The number of halogens is 1. The van der Waals surface area contributed by atoms with Gasteiger partial charge in [-0.25, -0.2) is 4.98 Å². The molecule has 16 heavy (non-hydrogen) atoms. The highest BCUT2D eigenvalue weighted by Crippen LogP contribution is 2.24. The zero-order valence-electron chi connectivity index (χ0n) is 9.07. The molecule has 0 spiro atoms. The zero-order chi connectivity index (χ0) is 11.5. The lowest BCUT2D eigenvalue weighted by Gasteiger charge is -2.16. The van der Waals surface area contributed by atoms with Gasteiger partial charge in [-0.15, -0.1) is 0 Å². The van der Waals surface area contributed by atoms with Crippen molar-refractivity contribution in [3.63, 3.8) is 0 Å². The van der Waals surface area contributed by atoms with E-state index < -0.39 is 0 Å². The molecule has 2 rings (SSSR count). The zero-order valence-corrected chi connectivity index (χ0v) is 10.7. The van der Waals surface area contributed by atoms with Crippen LogP contribution in [0.1, 0.15) is 19.3 Å². The molecule has 1 aromatic rings. The molecule has 6 heteroatoms. The van der Waals surface area contributed by atoms with E-state index in [1.54, 1.807) is 13.2 Å². The summed E-state index contributed by atoms with van der Waals surface area (Å²) in [5.41, 5.74) is 0. The van der Waals surface area contributed by atoms with E-state index in [1.807, 2.05) is 0 Å². The van der Waals surface area contributed by atoms with Crippen LogP contribution in [0.2, 0.25) is 0 Å². The third kappa shape index (κ3) is 2.44. The summed E-state index contributed by atoms with van der Waals surface area (Å²) in [6.07, 6.45) is 4.28. The van der Waals surface area contributed by atoms with Gasteiger partial charge >= 0.3 is 0 Å². The molecule has 1 fully saturated rings. The van der Waals surface area contributed by atoms with E-state index in [1.165, 1.54) is 0 Å². The van der Waals surface area contributed by atoms with Crippen LogP contribution in [0.15, 0.2) is 10.7 Å². The number of aromatic nitrogens is 2. The molecule has 0 aromatic carbocycles. The van der Waals surface area contributed by atoms with E-state index in [0.29, 0.717) is 5.95 Å². The topological polar surface area (TPSA) is 70.1 Å². The summed E-state index contributed by atoms with van der Waals surface area (Å²) < 4.78 is 0.826. The van der Waals surface area contributed by atoms with E-state index in [2.05, 4.69) is 36.5 Å². The Morgan fingerprint density at radius 2 is 2.31 bits per heavy atom. The van der Waals surface area contributed by atoms with Gasteiger partial charge in [0.1, 0.15) is 5.82 Å². The molecule has 0 unspecified atom stereocenters. The molecule has 0 saturated heterocycles. The smallest absolute Gasteiger partial charge is 0.224 e. The van der Waals surface area contributed by atoms with Gasteiger partial charge in [-0.1, -0.05) is 0 Å². The predicted molar refractivity (Wildman–Crippen MR) is 66.5 cm³/mol. The minimum absolute atomic E-state index is 0.0749. The first-order valence-corrected chi connectivity index (χ1v) is 6.15. The number of nitrogens with zero attached hydrogens (tertiary/aromatic N) is 2. The van der Waals surface area contributed by atoms with Crippen molar-refractivity contribution < 1.29 is 5.11 Å². The quantitative estimate of drug-likeness (QED) is 0.788. The normalized spacial score (nSPS) is 24.4. The summed E-state index contributed by atoms with van der Waals surface area (Å²) >= 11 is 3.35. The first-order chi connectivity index (χ1) is 7.70. The number of hydrogen-bond donors (Lipinski definition) is 3. The minimum atomic E-state index is -0.287. The summed E-state index contributed by atoms with van der Waals surface area (Å²) in [6, 6.07) is 0.0749. The standard InChI is InChI=1S/C10H15BrN4O/c1-12-9-6(11)5-13-10(15-9)14-7-3-2-4-8(7)16/h5,7-8,16H,2-4H2,1H3,(H2,12,13,14,15)/t7-,8+/m0/s1. The van der Waals surface area contributed by atoms with Crippen LogP contribution in [0, 0.1) is 0 Å². The van der Waals surface area contributed by atoms with E-state index >= 15 is 0 Å². The Kier molecular flexibility index (Phi) is 3.60. The van der Waals surface area contributed by atoms with Crippen molar-refractivity contribution in [3.05, 3.63) is 10.7 Å². The highest BCUT2D eigenvalue weighted by atomic mass is 79.9. The molecule has 88 valence electrons. The number of aliphatic hydroxyl groups is 1. The second kappa shape index (κ2) is 4.97. The van der Waals surface area contributed by atoms with Crippen molar-refractivity contribution in [2.75, 3.05) is 17.7 Å². The summed E-state index contributed by atoms with van der Waals surface area (Å²) in [5.74, 6) is 1.29. The Morgan fingerprint density at radius 1 is 1.50 bits per heavy atom. The Bertz CT molecular complexity index is 374. The molecular formula is C10H15BrN4O. The third-order valence-corrected chi connectivity index (χ3v) is 3.36. The van der Waals surface area contributed by atoms with Gasteiger partial charge in [0, 0.05) is 13.2 Å². The summed E-state index contributed by atoms with van der Waals surface area (Å²) in [4.78, 5) is 8.46. The maximum atomic E-state index is 9.69. The second-order valence-corrected chi connectivity index (χ2v) is 4.74. The highest BCUT2D eigenvalue weighted by molar-refractivity contribution is 9.10.